The van der Waals surface area contributed by atoms with Crippen molar-refractivity contribution in [3.63, 3.8) is 0 Å². The second-order valence-electron chi connectivity index (χ2n) is 7.17. The van der Waals surface area contributed by atoms with E-state index in [-0.39, 0.29) is 11.9 Å². The van der Waals surface area contributed by atoms with Gasteiger partial charge in [0.2, 0.25) is 15.9 Å². The zero-order valence-electron chi connectivity index (χ0n) is 15.5. The van der Waals surface area contributed by atoms with Crippen molar-refractivity contribution in [1.29, 1.82) is 0 Å². The number of likely N-dealkylation sites (tertiary alicyclic amines) is 1. The molecule has 0 radical (unpaired) electrons. The van der Waals surface area contributed by atoms with E-state index in [1.54, 1.807) is 24.3 Å². The van der Waals surface area contributed by atoms with Crippen molar-refractivity contribution in [2.45, 2.75) is 43.5 Å². The summed E-state index contributed by atoms with van der Waals surface area (Å²) in [5.74, 6) is 0.186. The molecule has 6 nitrogen and oxygen atoms in total. The largest absolute Gasteiger partial charge is 0.341 e. The van der Waals surface area contributed by atoms with E-state index in [0.29, 0.717) is 31.1 Å². The topological polar surface area (TPSA) is 60.9 Å². The predicted octanol–water partition coefficient (Wildman–Crippen LogP) is 1.78. The predicted molar refractivity (Wildman–Crippen MR) is 101 cm³/mol. The highest BCUT2D eigenvalue weighted by molar-refractivity contribution is 7.89. The lowest BCUT2D eigenvalue weighted by molar-refractivity contribution is -0.136. The van der Waals surface area contributed by atoms with Gasteiger partial charge in [-0.15, -0.1) is 0 Å². The van der Waals surface area contributed by atoms with Gasteiger partial charge in [0.05, 0.1) is 10.9 Å². The van der Waals surface area contributed by atoms with Gasteiger partial charge in [-0.05, 0) is 31.9 Å². The maximum atomic E-state index is 12.8. The number of carbonyl (C=O) groups is 1. The summed E-state index contributed by atoms with van der Waals surface area (Å²) in [6.45, 7) is 5.69. The minimum absolute atomic E-state index is 0.185. The molecule has 144 valence electrons. The molecule has 3 rings (SSSR count). The molecular formula is C19H29N3O3S. The summed E-state index contributed by atoms with van der Waals surface area (Å²) in [5.41, 5.74) is 0. The van der Waals surface area contributed by atoms with Gasteiger partial charge in [0, 0.05) is 39.3 Å². The Kier molecular flexibility index (Phi) is 6.32. The lowest BCUT2D eigenvalue weighted by atomic mass is 10.2. The molecule has 0 spiro atoms. The van der Waals surface area contributed by atoms with E-state index in [2.05, 4.69) is 4.90 Å². The average Bonchev–Trinajstić information content (AvgIpc) is 2.97. The molecule has 2 aliphatic rings. The van der Waals surface area contributed by atoms with Gasteiger partial charge in [0.25, 0.3) is 0 Å². The van der Waals surface area contributed by atoms with E-state index in [4.69, 9.17) is 0 Å². The van der Waals surface area contributed by atoms with Crippen LogP contribution in [0.15, 0.2) is 35.2 Å². The highest BCUT2D eigenvalue weighted by Crippen LogP contribution is 2.19. The Labute approximate surface area is 156 Å². The Morgan fingerprint density at radius 2 is 1.46 bits per heavy atom. The van der Waals surface area contributed by atoms with Gasteiger partial charge in [-0.3, -0.25) is 9.69 Å². The van der Waals surface area contributed by atoms with Crippen LogP contribution < -0.4 is 0 Å². The van der Waals surface area contributed by atoms with Crippen molar-refractivity contribution in [1.82, 2.24) is 14.1 Å². The first-order chi connectivity index (χ1) is 12.5. The quantitative estimate of drug-likeness (QED) is 0.800. The van der Waals surface area contributed by atoms with Crippen LogP contribution >= 0.6 is 0 Å². The lowest BCUT2D eigenvalue weighted by Crippen LogP contribution is -2.55. The Bertz CT molecular complexity index is 692. The zero-order chi connectivity index (χ0) is 18.6. The number of hydrogen-bond donors (Lipinski definition) is 0. The van der Waals surface area contributed by atoms with Crippen LogP contribution in [-0.2, 0) is 14.8 Å². The number of benzene rings is 1. The fourth-order valence-corrected chi connectivity index (χ4v) is 5.23. The van der Waals surface area contributed by atoms with Crippen LogP contribution in [0.4, 0.5) is 0 Å². The molecule has 1 aromatic carbocycles. The summed E-state index contributed by atoms with van der Waals surface area (Å²) in [5, 5.41) is 0. The third kappa shape index (κ3) is 4.27. The molecule has 0 unspecified atom stereocenters. The van der Waals surface area contributed by atoms with Gasteiger partial charge < -0.3 is 4.90 Å². The van der Waals surface area contributed by atoms with E-state index in [1.807, 2.05) is 17.9 Å². The Hall–Kier alpha value is -1.44. The van der Waals surface area contributed by atoms with Crippen molar-refractivity contribution in [3.8, 4) is 0 Å². The van der Waals surface area contributed by atoms with Crippen LogP contribution in [0, 0.1) is 0 Å². The van der Waals surface area contributed by atoms with E-state index in [0.717, 1.165) is 25.9 Å². The Balaban J connectivity index is 1.58. The SMILES string of the molecule is C[C@@H](C(=O)N1CCCCCC1)N1CCN(S(=O)(=O)c2ccccc2)CC1. The molecule has 0 N–H and O–H groups in total. The average molecular weight is 380 g/mol. The van der Waals surface area contributed by atoms with Crippen LogP contribution in [0.5, 0.6) is 0 Å². The molecular weight excluding hydrogens is 350 g/mol. The Morgan fingerprint density at radius 1 is 0.885 bits per heavy atom. The molecule has 0 bridgehead atoms. The molecule has 2 heterocycles. The van der Waals surface area contributed by atoms with Crippen LogP contribution in [0.1, 0.15) is 32.6 Å². The van der Waals surface area contributed by atoms with Crippen molar-refractivity contribution in [3.05, 3.63) is 30.3 Å². The van der Waals surface area contributed by atoms with Crippen LogP contribution in [0.25, 0.3) is 0 Å². The summed E-state index contributed by atoms with van der Waals surface area (Å²) < 4.78 is 27.0. The number of sulfonamides is 1. The molecule has 1 atom stereocenters. The smallest absolute Gasteiger partial charge is 0.243 e. The third-order valence-electron chi connectivity index (χ3n) is 5.48. The molecule has 0 aliphatic carbocycles. The molecule has 1 aromatic rings. The van der Waals surface area contributed by atoms with Crippen molar-refractivity contribution in [2.24, 2.45) is 0 Å². The molecule has 2 fully saturated rings. The van der Waals surface area contributed by atoms with E-state index >= 15 is 0 Å². The summed E-state index contributed by atoms with van der Waals surface area (Å²) in [4.78, 5) is 17.2. The van der Waals surface area contributed by atoms with Crippen LogP contribution in [0.2, 0.25) is 0 Å². The standard InChI is InChI=1S/C19H29N3O3S/c1-17(19(23)21-11-7-2-3-8-12-21)20-13-15-22(16-14-20)26(24,25)18-9-5-4-6-10-18/h4-6,9-10,17H,2-3,7-8,11-16H2,1H3/t17-/m0/s1. The molecule has 0 aromatic heterocycles. The molecule has 26 heavy (non-hydrogen) atoms. The minimum Gasteiger partial charge on any atom is -0.341 e. The van der Waals surface area contributed by atoms with Crippen molar-refractivity contribution >= 4 is 15.9 Å². The summed E-state index contributed by atoms with van der Waals surface area (Å²) >= 11 is 0. The van der Waals surface area contributed by atoms with Gasteiger partial charge in [-0.25, -0.2) is 8.42 Å². The van der Waals surface area contributed by atoms with Gasteiger partial charge >= 0.3 is 0 Å². The first-order valence-electron chi connectivity index (χ1n) is 9.58. The number of rotatable bonds is 4. The second-order valence-corrected chi connectivity index (χ2v) is 9.11. The molecule has 2 aliphatic heterocycles. The first-order valence-corrected chi connectivity index (χ1v) is 11.0. The van der Waals surface area contributed by atoms with Gasteiger partial charge in [0.1, 0.15) is 0 Å². The minimum atomic E-state index is -3.45. The van der Waals surface area contributed by atoms with Crippen LogP contribution in [-0.4, -0.2) is 73.7 Å². The fraction of sp³-hybridized carbons (Fsp3) is 0.632. The highest BCUT2D eigenvalue weighted by Gasteiger charge is 2.33. The second kappa shape index (κ2) is 8.50. The zero-order valence-corrected chi connectivity index (χ0v) is 16.3. The first kappa shape index (κ1) is 19.3. The summed E-state index contributed by atoms with van der Waals surface area (Å²) in [7, 11) is -3.45. The molecule has 2 saturated heterocycles. The van der Waals surface area contributed by atoms with Crippen molar-refractivity contribution in [2.75, 3.05) is 39.3 Å². The normalized spacial score (nSPS) is 22.0. The molecule has 1 amide bonds. The number of amides is 1. The summed E-state index contributed by atoms with van der Waals surface area (Å²) in [6.07, 6.45) is 4.57. The Morgan fingerprint density at radius 3 is 2.04 bits per heavy atom. The van der Waals surface area contributed by atoms with Crippen LogP contribution in [0.3, 0.4) is 0 Å². The number of carbonyl (C=O) groups excluding carboxylic acids is 1. The van der Waals surface area contributed by atoms with Gasteiger partial charge in [-0.1, -0.05) is 31.0 Å². The number of piperazine rings is 1. The van der Waals surface area contributed by atoms with E-state index in [9.17, 15) is 13.2 Å². The molecule has 7 heteroatoms. The number of hydrogen-bond acceptors (Lipinski definition) is 4. The highest BCUT2D eigenvalue weighted by atomic mass is 32.2. The summed E-state index contributed by atoms with van der Waals surface area (Å²) in [6, 6.07) is 8.37. The van der Waals surface area contributed by atoms with Crippen molar-refractivity contribution < 1.29 is 13.2 Å². The van der Waals surface area contributed by atoms with Gasteiger partial charge in [-0.2, -0.15) is 4.31 Å². The van der Waals surface area contributed by atoms with E-state index in [1.165, 1.54) is 17.1 Å². The van der Waals surface area contributed by atoms with Gasteiger partial charge in [0.15, 0.2) is 0 Å². The fourth-order valence-electron chi connectivity index (χ4n) is 3.78. The third-order valence-corrected chi connectivity index (χ3v) is 7.39. The van der Waals surface area contributed by atoms with E-state index < -0.39 is 10.0 Å². The molecule has 0 saturated carbocycles. The monoisotopic (exact) mass is 379 g/mol. The maximum Gasteiger partial charge on any atom is 0.243 e. The maximum absolute atomic E-state index is 12.8. The number of nitrogens with zero attached hydrogens (tertiary/aromatic N) is 3. The lowest BCUT2D eigenvalue weighted by Gasteiger charge is -2.38.